The molecule has 0 fully saturated rings. The molecule has 0 aliphatic rings. The van der Waals surface area contributed by atoms with E-state index in [1.165, 1.54) is 25.3 Å². The van der Waals surface area contributed by atoms with Crippen molar-refractivity contribution in [2.45, 2.75) is 6.92 Å². The first kappa shape index (κ1) is 18.1. The molecular weight excluding hydrogens is 347 g/mol. The van der Waals surface area contributed by atoms with Crippen LogP contribution in [0, 0.1) is 5.82 Å². The minimum Gasteiger partial charge on any atom is -0.340 e. The number of amides is 2. The molecule has 0 unspecified atom stereocenters. The number of hydrogen-bond donors (Lipinski definition) is 3. The summed E-state index contributed by atoms with van der Waals surface area (Å²) in [6.45, 7) is 1.44. The highest BCUT2D eigenvalue weighted by atomic mass is 19.1. The molecule has 6 nitrogen and oxygen atoms in total. The van der Waals surface area contributed by atoms with Gasteiger partial charge in [-0.3, -0.25) is 9.59 Å². The molecule has 0 aliphatic heterocycles. The van der Waals surface area contributed by atoms with Gasteiger partial charge in [-0.25, -0.2) is 9.37 Å². The van der Waals surface area contributed by atoms with Gasteiger partial charge >= 0.3 is 0 Å². The summed E-state index contributed by atoms with van der Waals surface area (Å²) in [6, 6.07) is 16.3. The number of aromatic nitrogens is 1. The number of nitrogens with zero attached hydrogens (tertiary/aromatic N) is 1. The Hall–Kier alpha value is -3.74. The predicted molar refractivity (Wildman–Crippen MR) is 103 cm³/mol. The Balaban J connectivity index is 1.64. The Morgan fingerprint density at radius 1 is 0.889 bits per heavy atom. The minimum atomic E-state index is -0.500. The van der Waals surface area contributed by atoms with Gasteiger partial charge in [-0.1, -0.05) is 12.1 Å². The average Bonchev–Trinajstić information content (AvgIpc) is 2.65. The Kier molecular flexibility index (Phi) is 5.41. The van der Waals surface area contributed by atoms with Crippen molar-refractivity contribution in [3.05, 3.63) is 78.2 Å². The van der Waals surface area contributed by atoms with E-state index in [0.29, 0.717) is 17.1 Å². The molecule has 0 spiro atoms. The quantitative estimate of drug-likeness (QED) is 0.634. The van der Waals surface area contributed by atoms with Crippen LogP contribution < -0.4 is 16.0 Å². The number of para-hydroxylation sites is 1. The summed E-state index contributed by atoms with van der Waals surface area (Å²) in [7, 11) is 0. The third-order valence-corrected chi connectivity index (χ3v) is 3.63. The molecule has 136 valence electrons. The first-order valence-electron chi connectivity index (χ1n) is 8.18. The van der Waals surface area contributed by atoms with E-state index in [4.69, 9.17) is 0 Å². The van der Waals surface area contributed by atoms with Crippen LogP contribution in [-0.2, 0) is 4.79 Å². The molecule has 7 heteroatoms. The summed E-state index contributed by atoms with van der Waals surface area (Å²) in [5.74, 6) is -0.537. The SMILES string of the molecule is CC(=O)Nc1ccc(Nc2ccc(C(=O)Nc3ccccc3F)cn2)cc1. The molecule has 0 atom stereocenters. The van der Waals surface area contributed by atoms with Crippen molar-refractivity contribution in [3.8, 4) is 0 Å². The molecule has 0 saturated carbocycles. The molecule has 1 heterocycles. The number of rotatable bonds is 5. The van der Waals surface area contributed by atoms with Crippen LogP contribution in [0.25, 0.3) is 0 Å². The maximum Gasteiger partial charge on any atom is 0.257 e. The Morgan fingerprint density at radius 2 is 1.59 bits per heavy atom. The number of halogens is 1. The third kappa shape index (κ3) is 4.88. The normalized spacial score (nSPS) is 10.1. The van der Waals surface area contributed by atoms with E-state index < -0.39 is 11.7 Å². The van der Waals surface area contributed by atoms with E-state index >= 15 is 0 Å². The zero-order valence-corrected chi connectivity index (χ0v) is 14.5. The van der Waals surface area contributed by atoms with Crippen LogP contribution in [-0.4, -0.2) is 16.8 Å². The van der Waals surface area contributed by atoms with Crippen molar-refractivity contribution in [2.24, 2.45) is 0 Å². The number of carbonyl (C=O) groups excluding carboxylic acids is 2. The van der Waals surface area contributed by atoms with Crippen molar-refractivity contribution >= 4 is 34.7 Å². The van der Waals surface area contributed by atoms with E-state index in [-0.39, 0.29) is 11.6 Å². The number of benzene rings is 2. The summed E-state index contributed by atoms with van der Waals surface area (Å²) in [6.07, 6.45) is 1.41. The van der Waals surface area contributed by atoms with Crippen LogP contribution in [0.3, 0.4) is 0 Å². The van der Waals surface area contributed by atoms with E-state index in [0.717, 1.165) is 5.69 Å². The zero-order chi connectivity index (χ0) is 19.2. The molecule has 3 aromatic rings. The van der Waals surface area contributed by atoms with Gasteiger partial charge in [-0.15, -0.1) is 0 Å². The first-order chi connectivity index (χ1) is 13.0. The lowest BCUT2D eigenvalue weighted by Crippen LogP contribution is -2.13. The van der Waals surface area contributed by atoms with Crippen LogP contribution in [0.1, 0.15) is 17.3 Å². The summed E-state index contributed by atoms with van der Waals surface area (Å²) in [4.78, 5) is 27.4. The maximum atomic E-state index is 13.6. The highest BCUT2D eigenvalue weighted by Crippen LogP contribution is 2.18. The lowest BCUT2D eigenvalue weighted by molar-refractivity contribution is -0.114. The van der Waals surface area contributed by atoms with Crippen molar-refractivity contribution < 1.29 is 14.0 Å². The number of anilines is 4. The molecule has 0 saturated heterocycles. The van der Waals surface area contributed by atoms with Crippen LogP contribution in [0.4, 0.5) is 27.3 Å². The van der Waals surface area contributed by atoms with Crippen molar-refractivity contribution in [1.82, 2.24) is 4.98 Å². The predicted octanol–water partition coefficient (Wildman–Crippen LogP) is 4.18. The molecule has 3 N–H and O–H groups in total. The van der Waals surface area contributed by atoms with Crippen LogP contribution in [0.5, 0.6) is 0 Å². The molecule has 1 aromatic heterocycles. The van der Waals surface area contributed by atoms with Crippen molar-refractivity contribution in [3.63, 3.8) is 0 Å². The van der Waals surface area contributed by atoms with Gasteiger partial charge in [0, 0.05) is 24.5 Å². The van der Waals surface area contributed by atoms with E-state index in [9.17, 15) is 14.0 Å². The monoisotopic (exact) mass is 364 g/mol. The van der Waals surface area contributed by atoms with Crippen molar-refractivity contribution in [2.75, 3.05) is 16.0 Å². The standard InChI is InChI=1S/C20H17FN4O2/c1-13(26)23-15-7-9-16(10-8-15)24-19-11-6-14(12-22-19)20(27)25-18-5-3-2-4-17(18)21/h2-12H,1H3,(H,22,24)(H,23,26)(H,25,27). The fourth-order valence-corrected chi connectivity index (χ4v) is 2.35. The number of carbonyl (C=O) groups is 2. The molecule has 0 bridgehead atoms. The van der Waals surface area contributed by atoms with Gasteiger partial charge in [0.05, 0.1) is 11.3 Å². The largest absolute Gasteiger partial charge is 0.340 e. The molecule has 0 radical (unpaired) electrons. The second-order valence-electron chi connectivity index (χ2n) is 5.75. The van der Waals surface area contributed by atoms with Crippen LogP contribution >= 0.6 is 0 Å². The highest BCUT2D eigenvalue weighted by Gasteiger charge is 2.09. The van der Waals surface area contributed by atoms with Crippen LogP contribution in [0.15, 0.2) is 66.9 Å². The number of hydrogen-bond acceptors (Lipinski definition) is 4. The fraction of sp³-hybridized carbons (Fsp3) is 0.0500. The molecule has 0 aliphatic carbocycles. The summed E-state index contributed by atoms with van der Waals surface area (Å²) < 4.78 is 13.6. The van der Waals surface area contributed by atoms with Crippen molar-refractivity contribution in [1.29, 1.82) is 0 Å². The van der Waals surface area contributed by atoms with E-state index in [2.05, 4.69) is 20.9 Å². The second-order valence-corrected chi connectivity index (χ2v) is 5.75. The molecule has 3 rings (SSSR count). The van der Waals surface area contributed by atoms with Gasteiger partial charge < -0.3 is 16.0 Å². The lowest BCUT2D eigenvalue weighted by atomic mass is 10.2. The Labute approximate surface area is 155 Å². The molecular formula is C20H17FN4O2. The molecule has 27 heavy (non-hydrogen) atoms. The first-order valence-corrected chi connectivity index (χ1v) is 8.18. The number of nitrogens with one attached hydrogen (secondary N) is 3. The second kappa shape index (κ2) is 8.09. The third-order valence-electron chi connectivity index (χ3n) is 3.63. The highest BCUT2D eigenvalue weighted by molar-refractivity contribution is 6.04. The Bertz CT molecular complexity index is 956. The lowest BCUT2D eigenvalue weighted by Gasteiger charge is -2.09. The van der Waals surface area contributed by atoms with Crippen LogP contribution in [0.2, 0.25) is 0 Å². The smallest absolute Gasteiger partial charge is 0.257 e. The van der Waals surface area contributed by atoms with E-state index in [1.54, 1.807) is 48.5 Å². The maximum absolute atomic E-state index is 13.6. The minimum absolute atomic E-state index is 0.115. The summed E-state index contributed by atoms with van der Waals surface area (Å²) in [5, 5.41) is 8.29. The summed E-state index contributed by atoms with van der Waals surface area (Å²) in [5.41, 5.74) is 1.90. The molecule has 2 aromatic carbocycles. The van der Waals surface area contributed by atoms with Gasteiger partial charge in [0.25, 0.3) is 5.91 Å². The van der Waals surface area contributed by atoms with E-state index in [1.807, 2.05) is 0 Å². The van der Waals surface area contributed by atoms with Gasteiger partial charge in [0.1, 0.15) is 11.6 Å². The fourth-order valence-electron chi connectivity index (χ4n) is 2.35. The number of pyridine rings is 1. The molecule has 2 amide bonds. The van der Waals surface area contributed by atoms with Gasteiger partial charge in [-0.2, -0.15) is 0 Å². The van der Waals surface area contributed by atoms with Gasteiger partial charge in [0.2, 0.25) is 5.91 Å². The topological polar surface area (TPSA) is 83.1 Å². The van der Waals surface area contributed by atoms with Gasteiger partial charge in [0.15, 0.2) is 0 Å². The summed E-state index contributed by atoms with van der Waals surface area (Å²) >= 11 is 0. The Morgan fingerprint density at radius 3 is 2.22 bits per heavy atom. The zero-order valence-electron chi connectivity index (χ0n) is 14.5. The average molecular weight is 364 g/mol. The van der Waals surface area contributed by atoms with Gasteiger partial charge in [-0.05, 0) is 48.5 Å².